The van der Waals surface area contributed by atoms with E-state index in [9.17, 15) is 9.59 Å². The van der Waals surface area contributed by atoms with E-state index in [0.29, 0.717) is 18.1 Å². The number of benzene rings is 2. The van der Waals surface area contributed by atoms with Crippen LogP contribution in [0.2, 0.25) is 0 Å². The van der Waals surface area contributed by atoms with E-state index in [4.69, 9.17) is 9.84 Å². The fraction of sp³-hybridized carbons (Fsp3) is 0.222. The molecule has 0 heterocycles. The number of hydrogen-bond acceptors (Lipinski definition) is 4. The van der Waals surface area contributed by atoms with Crippen molar-refractivity contribution >= 4 is 29.3 Å². The minimum absolute atomic E-state index is 0.0986. The zero-order valence-electron chi connectivity index (χ0n) is 13.3. The number of carboxylic acids is 1. The monoisotopic (exact) mass is 345 g/mol. The van der Waals surface area contributed by atoms with Gasteiger partial charge in [0.1, 0.15) is 5.75 Å². The number of carboxylic acid groups (broad SMARTS) is 1. The lowest BCUT2D eigenvalue weighted by atomic mass is 10.1. The molecule has 6 heteroatoms. The number of nitrogens with one attached hydrogen (secondary N) is 1. The highest BCUT2D eigenvalue weighted by Crippen LogP contribution is 2.17. The van der Waals surface area contributed by atoms with E-state index < -0.39 is 5.97 Å². The van der Waals surface area contributed by atoms with Gasteiger partial charge in [-0.3, -0.25) is 4.79 Å². The Bertz CT molecular complexity index is 700. The van der Waals surface area contributed by atoms with Gasteiger partial charge in [-0.05, 0) is 48.9 Å². The predicted octanol–water partition coefficient (Wildman–Crippen LogP) is 3.66. The first kappa shape index (κ1) is 17.9. The Morgan fingerprint density at radius 1 is 1.17 bits per heavy atom. The van der Waals surface area contributed by atoms with Crippen LogP contribution >= 0.6 is 11.8 Å². The highest BCUT2D eigenvalue weighted by molar-refractivity contribution is 7.99. The maximum Gasteiger partial charge on any atom is 0.335 e. The summed E-state index contributed by atoms with van der Waals surface area (Å²) in [7, 11) is 0. The number of aromatic carboxylic acids is 1. The maximum atomic E-state index is 11.9. The van der Waals surface area contributed by atoms with Crippen molar-refractivity contribution in [1.82, 2.24) is 0 Å². The van der Waals surface area contributed by atoms with E-state index >= 15 is 0 Å². The molecule has 0 aliphatic carbocycles. The Balaban J connectivity index is 1.78. The summed E-state index contributed by atoms with van der Waals surface area (Å²) < 4.78 is 5.35. The molecule has 0 spiro atoms. The van der Waals surface area contributed by atoms with Gasteiger partial charge >= 0.3 is 5.97 Å². The topological polar surface area (TPSA) is 75.6 Å². The molecule has 0 saturated heterocycles. The van der Waals surface area contributed by atoms with Crippen molar-refractivity contribution < 1.29 is 19.4 Å². The summed E-state index contributed by atoms with van der Waals surface area (Å²) in [5, 5.41) is 11.8. The largest absolute Gasteiger partial charge is 0.494 e. The summed E-state index contributed by atoms with van der Waals surface area (Å²) in [6.07, 6.45) is 0. The van der Waals surface area contributed by atoms with Crippen molar-refractivity contribution in [2.24, 2.45) is 0 Å². The SMILES string of the molecule is CCOc1ccc(NC(=O)CSCc2cccc(C(=O)O)c2)cc1. The zero-order chi connectivity index (χ0) is 17.4. The van der Waals surface area contributed by atoms with Gasteiger partial charge < -0.3 is 15.2 Å². The molecule has 5 nitrogen and oxygen atoms in total. The Hall–Kier alpha value is -2.47. The second-order valence-electron chi connectivity index (χ2n) is 5.00. The number of thioether (sulfide) groups is 1. The molecular weight excluding hydrogens is 326 g/mol. The molecule has 0 saturated carbocycles. The van der Waals surface area contributed by atoms with Crippen molar-refractivity contribution in [2.75, 3.05) is 17.7 Å². The smallest absolute Gasteiger partial charge is 0.335 e. The van der Waals surface area contributed by atoms with E-state index in [2.05, 4.69) is 5.32 Å². The van der Waals surface area contributed by atoms with E-state index in [1.54, 1.807) is 30.3 Å². The molecule has 0 unspecified atom stereocenters. The summed E-state index contributed by atoms with van der Waals surface area (Å²) in [4.78, 5) is 22.9. The fourth-order valence-corrected chi connectivity index (χ4v) is 2.83. The Kier molecular flexibility index (Phi) is 6.69. The number of ether oxygens (including phenoxy) is 1. The molecule has 0 aromatic heterocycles. The van der Waals surface area contributed by atoms with Crippen LogP contribution in [0.1, 0.15) is 22.8 Å². The average molecular weight is 345 g/mol. The predicted molar refractivity (Wildman–Crippen MR) is 95.8 cm³/mol. The van der Waals surface area contributed by atoms with Gasteiger partial charge in [0.25, 0.3) is 0 Å². The third kappa shape index (κ3) is 5.62. The molecule has 0 radical (unpaired) electrons. The molecular formula is C18H19NO4S. The van der Waals surface area contributed by atoms with E-state index in [1.807, 2.05) is 25.1 Å². The van der Waals surface area contributed by atoms with Crippen molar-refractivity contribution in [3.8, 4) is 5.75 Å². The minimum Gasteiger partial charge on any atom is -0.494 e. The zero-order valence-corrected chi connectivity index (χ0v) is 14.1. The van der Waals surface area contributed by atoms with Gasteiger partial charge in [-0.1, -0.05) is 12.1 Å². The molecule has 126 valence electrons. The van der Waals surface area contributed by atoms with Crippen molar-refractivity contribution in [3.05, 3.63) is 59.7 Å². The normalized spacial score (nSPS) is 10.2. The van der Waals surface area contributed by atoms with Gasteiger partial charge in [0.15, 0.2) is 0 Å². The van der Waals surface area contributed by atoms with Gasteiger partial charge in [-0.25, -0.2) is 4.79 Å². The lowest BCUT2D eigenvalue weighted by Gasteiger charge is -2.07. The van der Waals surface area contributed by atoms with Gasteiger partial charge in [-0.15, -0.1) is 11.8 Å². The quantitative estimate of drug-likeness (QED) is 0.764. The van der Waals surface area contributed by atoms with Crippen LogP contribution < -0.4 is 10.1 Å². The van der Waals surface area contributed by atoms with Crippen molar-refractivity contribution in [1.29, 1.82) is 0 Å². The van der Waals surface area contributed by atoms with Crippen LogP contribution in [-0.4, -0.2) is 29.3 Å². The lowest BCUT2D eigenvalue weighted by molar-refractivity contribution is -0.113. The van der Waals surface area contributed by atoms with Crippen molar-refractivity contribution in [3.63, 3.8) is 0 Å². The number of rotatable bonds is 8. The van der Waals surface area contributed by atoms with Gasteiger partial charge in [-0.2, -0.15) is 0 Å². The molecule has 24 heavy (non-hydrogen) atoms. The van der Waals surface area contributed by atoms with E-state index in [-0.39, 0.29) is 11.5 Å². The van der Waals surface area contributed by atoms with Crippen LogP contribution in [0.3, 0.4) is 0 Å². The van der Waals surface area contributed by atoms with Crippen LogP contribution in [0.15, 0.2) is 48.5 Å². The molecule has 1 amide bonds. The van der Waals surface area contributed by atoms with Crippen LogP contribution in [0, 0.1) is 0 Å². The Morgan fingerprint density at radius 3 is 2.58 bits per heavy atom. The minimum atomic E-state index is -0.949. The first-order valence-corrected chi connectivity index (χ1v) is 8.66. The molecule has 2 aromatic rings. The number of carbonyl (C=O) groups excluding carboxylic acids is 1. The summed E-state index contributed by atoms with van der Waals surface area (Å²) in [5.41, 5.74) is 1.86. The lowest BCUT2D eigenvalue weighted by Crippen LogP contribution is -2.14. The van der Waals surface area contributed by atoms with E-state index in [0.717, 1.165) is 17.0 Å². The highest BCUT2D eigenvalue weighted by Gasteiger charge is 2.06. The molecule has 2 aromatic carbocycles. The molecule has 0 bridgehead atoms. The summed E-state index contributed by atoms with van der Waals surface area (Å²) >= 11 is 1.44. The van der Waals surface area contributed by atoms with Crippen molar-refractivity contribution in [2.45, 2.75) is 12.7 Å². The number of hydrogen-bond donors (Lipinski definition) is 2. The fourth-order valence-electron chi connectivity index (χ4n) is 2.05. The molecule has 0 aliphatic rings. The standard InChI is InChI=1S/C18H19NO4S/c1-2-23-16-8-6-15(7-9-16)19-17(20)12-24-11-13-4-3-5-14(10-13)18(21)22/h3-10H,2,11-12H2,1H3,(H,19,20)(H,21,22). The van der Waals surface area contributed by atoms with E-state index in [1.165, 1.54) is 11.8 Å². The highest BCUT2D eigenvalue weighted by atomic mass is 32.2. The maximum absolute atomic E-state index is 11.9. The third-order valence-corrected chi connectivity index (χ3v) is 4.13. The van der Waals surface area contributed by atoms with Gasteiger partial charge in [0.05, 0.1) is 17.9 Å². The summed E-state index contributed by atoms with van der Waals surface area (Å²) in [5.74, 6) is 0.597. The van der Waals surface area contributed by atoms with Crippen LogP contribution in [0.25, 0.3) is 0 Å². The first-order chi connectivity index (χ1) is 11.6. The Labute approximate surface area is 145 Å². The number of amides is 1. The number of carbonyl (C=O) groups is 2. The van der Waals surface area contributed by atoms with Gasteiger partial charge in [0.2, 0.25) is 5.91 Å². The first-order valence-electron chi connectivity index (χ1n) is 7.51. The number of anilines is 1. The molecule has 2 rings (SSSR count). The molecule has 0 fully saturated rings. The summed E-state index contributed by atoms with van der Waals surface area (Å²) in [6.45, 7) is 2.52. The molecule has 2 N–H and O–H groups in total. The Morgan fingerprint density at radius 2 is 1.92 bits per heavy atom. The average Bonchev–Trinajstić information content (AvgIpc) is 2.57. The van der Waals surface area contributed by atoms with Gasteiger partial charge in [0, 0.05) is 11.4 Å². The second kappa shape index (κ2) is 8.98. The van der Waals surface area contributed by atoms with Crippen LogP contribution in [0.4, 0.5) is 5.69 Å². The van der Waals surface area contributed by atoms with Crippen LogP contribution in [-0.2, 0) is 10.5 Å². The third-order valence-electron chi connectivity index (χ3n) is 3.12. The molecule has 0 atom stereocenters. The second-order valence-corrected chi connectivity index (χ2v) is 5.99. The van der Waals surface area contributed by atoms with Crippen LogP contribution in [0.5, 0.6) is 5.75 Å². The summed E-state index contributed by atoms with van der Waals surface area (Å²) in [6, 6.07) is 13.9. The molecule has 0 aliphatic heterocycles.